The van der Waals surface area contributed by atoms with Gasteiger partial charge in [-0.1, -0.05) is 6.07 Å². The predicted octanol–water partition coefficient (Wildman–Crippen LogP) is 2.38. The number of aromatic amines is 1. The van der Waals surface area contributed by atoms with E-state index in [4.69, 9.17) is 0 Å². The first-order chi connectivity index (χ1) is 8.88. The standard InChI is InChI=1S/C11H9F3N4O/c1-6-9(17-18-16-6)10(19)15-8-4-2-3-7(5-8)11(12,13)14/h2-5H,1H3,(H,15,19)(H,16,17,18). The molecule has 8 heteroatoms. The molecule has 0 saturated heterocycles. The van der Waals surface area contributed by atoms with E-state index in [1.54, 1.807) is 6.92 Å². The molecule has 2 N–H and O–H groups in total. The largest absolute Gasteiger partial charge is 0.416 e. The first-order valence-electron chi connectivity index (χ1n) is 5.24. The van der Waals surface area contributed by atoms with Gasteiger partial charge in [-0.05, 0) is 25.1 Å². The van der Waals surface area contributed by atoms with Crippen molar-refractivity contribution in [1.29, 1.82) is 0 Å². The number of aromatic nitrogens is 3. The van der Waals surface area contributed by atoms with Crippen LogP contribution in [0, 0.1) is 6.92 Å². The van der Waals surface area contributed by atoms with E-state index in [0.29, 0.717) is 5.69 Å². The van der Waals surface area contributed by atoms with Crippen molar-refractivity contribution in [3.63, 3.8) is 0 Å². The van der Waals surface area contributed by atoms with Gasteiger partial charge in [0, 0.05) is 5.69 Å². The molecule has 1 amide bonds. The Balaban J connectivity index is 2.21. The number of nitrogens with zero attached hydrogens (tertiary/aromatic N) is 2. The van der Waals surface area contributed by atoms with Gasteiger partial charge in [-0.2, -0.15) is 28.6 Å². The summed E-state index contributed by atoms with van der Waals surface area (Å²) in [5, 5.41) is 11.9. The van der Waals surface area contributed by atoms with E-state index >= 15 is 0 Å². The van der Waals surface area contributed by atoms with Crippen LogP contribution < -0.4 is 5.32 Å². The van der Waals surface area contributed by atoms with Crippen molar-refractivity contribution >= 4 is 11.6 Å². The summed E-state index contributed by atoms with van der Waals surface area (Å²) >= 11 is 0. The highest BCUT2D eigenvalue weighted by atomic mass is 19.4. The Hall–Kier alpha value is -2.38. The molecular formula is C11H9F3N4O. The fourth-order valence-corrected chi connectivity index (χ4v) is 1.46. The molecule has 0 unspecified atom stereocenters. The molecule has 2 rings (SSSR count). The minimum Gasteiger partial charge on any atom is -0.321 e. The fraction of sp³-hybridized carbons (Fsp3) is 0.182. The molecule has 0 radical (unpaired) electrons. The normalized spacial score (nSPS) is 11.4. The van der Waals surface area contributed by atoms with Crippen LogP contribution in [0.5, 0.6) is 0 Å². The number of halogens is 3. The molecule has 0 aliphatic rings. The summed E-state index contributed by atoms with van der Waals surface area (Å²) in [4.78, 5) is 11.7. The van der Waals surface area contributed by atoms with Crippen molar-refractivity contribution in [1.82, 2.24) is 15.4 Å². The van der Waals surface area contributed by atoms with Crippen molar-refractivity contribution in [3.05, 3.63) is 41.2 Å². The van der Waals surface area contributed by atoms with Gasteiger partial charge in [-0.15, -0.1) is 0 Å². The van der Waals surface area contributed by atoms with Gasteiger partial charge >= 0.3 is 6.18 Å². The molecule has 0 bridgehead atoms. The number of carbonyl (C=O) groups excluding carboxylic acids is 1. The number of aryl methyl sites for hydroxylation is 1. The third-order valence-corrected chi connectivity index (χ3v) is 2.39. The summed E-state index contributed by atoms with van der Waals surface area (Å²) in [5.41, 5.74) is -0.383. The Morgan fingerprint density at radius 2 is 2.05 bits per heavy atom. The topological polar surface area (TPSA) is 70.7 Å². The number of carbonyl (C=O) groups is 1. The average molecular weight is 270 g/mol. The molecule has 5 nitrogen and oxygen atoms in total. The van der Waals surface area contributed by atoms with E-state index < -0.39 is 17.6 Å². The van der Waals surface area contributed by atoms with Crippen LogP contribution >= 0.6 is 0 Å². The Morgan fingerprint density at radius 3 is 2.63 bits per heavy atom. The highest BCUT2D eigenvalue weighted by molar-refractivity contribution is 6.03. The maximum Gasteiger partial charge on any atom is 0.416 e. The van der Waals surface area contributed by atoms with Crippen LogP contribution in [0.2, 0.25) is 0 Å². The zero-order valence-electron chi connectivity index (χ0n) is 9.75. The van der Waals surface area contributed by atoms with Crippen LogP contribution in [0.4, 0.5) is 18.9 Å². The van der Waals surface area contributed by atoms with Gasteiger partial charge in [0.1, 0.15) is 0 Å². The van der Waals surface area contributed by atoms with Gasteiger partial charge in [0.15, 0.2) is 5.69 Å². The van der Waals surface area contributed by atoms with Crippen molar-refractivity contribution in [2.45, 2.75) is 13.1 Å². The molecule has 100 valence electrons. The number of benzene rings is 1. The molecule has 1 heterocycles. The molecule has 0 spiro atoms. The number of alkyl halides is 3. The van der Waals surface area contributed by atoms with E-state index in [-0.39, 0.29) is 11.4 Å². The second kappa shape index (κ2) is 4.71. The molecule has 0 aliphatic carbocycles. The van der Waals surface area contributed by atoms with Crippen molar-refractivity contribution in [2.75, 3.05) is 5.32 Å². The Kier molecular flexibility index (Phi) is 3.24. The van der Waals surface area contributed by atoms with Crippen molar-refractivity contribution in [2.24, 2.45) is 0 Å². The molecule has 19 heavy (non-hydrogen) atoms. The van der Waals surface area contributed by atoms with Gasteiger partial charge in [-0.25, -0.2) is 0 Å². The zero-order valence-corrected chi connectivity index (χ0v) is 9.75. The minimum absolute atomic E-state index is 0.0393. The molecule has 0 saturated carbocycles. The van der Waals surface area contributed by atoms with E-state index in [2.05, 4.69) is 20.7 Å². The van der Waals surface area contributed by atoms with Crippen molar-refractivity contribution < 1.29 is 18.0 Å². The third-order valence-electron chi connectivity index (χ3n) is 2.39. The lowest BCUT2D eigenvalue weighted by Crippen LogP contribution is -2.14. The fourth-order valence-electron chi connectivity index (χ4n) is 1.46. The number of hydrogen-bond acceptors (Lipinski definition) is 3. The van der Waals surface area contributed by atoms with Crippen LogP contribution in [0.3, 0.4) is 0 Å². The molecule has 0 aliphatic heterocycles. The van der Waals surface area contributed by atoms with Crippen LogP contribution in [0.15, 0.2) is 24.3 Å². The number of amides is 1. The molecule has 1 aromatic carbocycles. The summed E-state index contributed by atoms with van der Waals surface area (Å²) in [7, 11) is 0. The number of anilines is 1. The molecule has 2 aromatic rings. The number of nitrogens with one attached hydrogen (secondary N) is 2. The summed E-state index contributed by atoms with van der Waals surface area (Å²) in [6, 6.07) is 4.36. The van der Waals surface area contributed by atoms with Gasteiger partial charge < -0.3 is 5.32 Å². The zero-order chi connectivity index (χ0) is 14.0. The summed E-state index contributed by atoms with van der Waals surface area (Å²) in [6.07, 6.45) is -4.45. The molecule has 0 atom stereocenters. The minimum atomic E-state index is -4.45. The lowest BCUT2D eigenvalue weighted by molar-refractivity contribution is -0.137. The maximum absolute atomic E-state index is 12.5. The SMILES string of the molecule is Cc1n[nH]nc1C(=O)Nc1cccc(C(F)(F)F)c1. The Morgan fingerprint density at radius 1 is 1.32 bits per heavy atom. The highest BCUT2D eigenvalue weighted by Gasteiger charge is 2.30. The number of rotatable bonds is 2. The van der Waals surface area contributed by atoms with E-state index in [0.717, 1.165) is 12.1 Å². The summed E-state index contributed by atoms with van der Waals surface area (Å²) in [5.74, 6) is -0.620. The van der Waals surface area contributed by atoms with Crippen LogP contribution in [-0.2, 0) is 6.18 Å². The molecular weight excluding hydrogens is 261 g/mol. The summed E-state index contributed by atoms with van der Waals surface area (Å²) < 4.78 is 37.5. The predicted molar refractivity (Wildman–Crippen MR) is 60.5 cm³/mol. The quantitative estimate of drug-likeness (QED) is 0.880. The number of H-pyrrole nitrogens is 1. The van der Waals surface area contributed by atoms with E-state index in [1.807, 2.05) is 0 Å². The molecule has 1 aromatic heterocycles. The first kappa shape index (κ1) is 13.1. The smallest absolute Gasteiger partial charge is 0.321 e. The first-order valence-corrected chi connectivity index (χ1v) is 5.24. The summed E-state index contributed by atoms with van der Waals surface area (Å²) in [6.45, 7) is 1.56. The van der Waals surface area contributed by atoms with Gasteiger partial charge in [-0.3, -0.25) is 4.79 Å². The average Bonchev–Trinajstić information content (AvgIpc) is 2.75. The highest BCUT2D eigenvalue weighted by Crippen LogP contribution is 2.30. The van der Waals surface area contributed by atoms with Crippen LogP contribution in [0.25, 0.3) is 0 Å². The van der Waals surface area contributed by atoms with Crippen LogP contribution in [0.1, 0.15) is 21.7 Å². The van der Waals surface area contributed by atoms with E-state index in [1.165, 1.54) is 12.1 Å². The van der Waals surface area contributed by atoms with Gasteiger partial charge in [0.2, 0.25) is 0 Å². The van der Waals surface area contributed by atoms with Crippen LogP contribution in [-0.4, -0.2) is 21.3 Å². The number of hydrogen-bond donors (Lipinski definition) is 2. The second-order valence-corrected chi connectivity index (χ2v) is 3.79. The molecule has 0 fully saturated rings. The van der Waals surface area contributed by atoms with Gasteiger partial charge in [0.25, 0.3) is 5.91 Å². The lowest BCUT2D eigenvalue weighted by atomic mass is 10.2. The third kappa shape index (κ3) is 2.90. The Bertz CT molecular complexity index is 606. The maximum atomic E-state index is 12.5. The lowest BCUT2D eigenvalue weighted by Gasteiger charge is -2.09. The van der Waals surface area contributed by atoms with E-state index in [9.17, 15) is 18.0 Å². The second-order valence-electron chi connectivity index (χ2n) is 3.79. The van der Waals surface area contributed by atoms with Gasteiger partial charge in [0.05, 0.1) is 11.3 Å². The monoisotopic (exact) mass is 270 g/mol. The van der Waals surface area contributed by atoms with Crippen molar-refractivity contribution in [3.8, 4) is 0 Å². The Labute approximate surface area is 105 Å².